The van der Waals surface area contributed by atoms with Crippen molar-refractivity contribution in [2.24, 2.45) is 5.92 Å². The van der Waals surface area contributed by atoms with Crippen molar-refractivity contribution in [1.82, 2.24) is 4.90 Å². The van der Waals surface area contributed by atoms with Gasteiger partial charge in [-0.25, -0.2) is 0 Å². The number of nitrogens with zero attached hydrogens (tertiary/aromatic N) is 1. The van der Waals surface area contributed by atoms with E-state index in [1.807, 2.05) is 38.4 Å². The molecule has 0 aromatic heterocycles. The van der Waals surface area contributed by atoms with E-state index in [0.29, 0.717) is 12.2 Å². The van der Waals surface area contributed by atoms with Crippen molar-refractivity contribution in [1.29, 1.82) is 0 Å². The van der Waals surface area contributed by atoms with Crippen LogP contribution in [0.2, 0.25) is 0 Å². The van der Waals surface area contributed by atoms with Crippen LogP contribution in [0.5, 0.6) is 5.75 Å². The maximum absolute atomic E-state index is 11.5. The zero-order valence-electron chi connectivity index (χ0n) is 14.4. The fraction of sp³-hybridized carbons (Fsp3) is 0.611. The lowest BCUT2D eigenvalue weighted by Crippen LogP contribution is -2.47. The lowest BCUT2D eigenvalue weighted by molar-refractivity contribution is -0.158. The van der Waals surface area contributed by atoms with Gasteiger partial charge in [-0.2, -0.15) is 0 Å². The van der Waals surface area contributed by atoms with E-state index in [1.165, 1.54) is 6.92 Å². The number of methoxy groups -OCH3 is 1. The summed E-state index contributed by atoms with van der Waals surface area (Å²) in [5.41, 5.74) is -0.211. The first-order chi connectivity index (χ1) is 10.8. The van der Waals surface area contributed by atoms with Crippen LogP contribution in [0, 0.1) is 5.92 Å². The summed E-state index contributed by atoms with van der Waals surface area (Å²) < 4.78 is 10.7. The summed E-state index contributed by atoms with van der Waals surface area (Å²) in [4.78, 5) is 13.4. The molecule has 5 nitrogen and oxygen atoms in total. The predicted molar refractivity (Wildman–Crippen MR) is 88.3 cm³/mol. The monoisotopic (exact) mass is 321 g/mol. The summed E-state index contributed by atoms with van der Waals surface area (Å²) in [6, 6.07) is 7.54. The van der Waals surface area contributed by atoms with Crippen molar-refractivity contribution >= 4 is 5.97 Å². The fourth-order valence-corrected chi connectivity index (χ4v) is 3.51. The minimum absolute atomic E-state index is 0.0800. The Bertz CT molecular complexity index is 546. The van der Waals surface area contributed by atoms with E-state index in [4.69, 9.17) is 9.47 Å². The van der Waals surface area contributed by atoms with Gasteiger partial charge in [-0.05, 0) is 44.6 Å². The van der Waals surface area contributed by atoms with Crippen LogP contribution in [0.15, 0.2) is 24.3 Å². The molecule has 0 saturated heterocycles. The molecular weight excluding hydrogens is 294 g/mol. The summed E-state index contributed by atoms with van der Waals surface area (Å²) >= 11 is 0. The van der Waals surface area contributed by atoms with Gasteiger partial charge in [0.15, 0.2) is 0 Å². The number of carbonyl (C=O) groups is 1. The third kappa shape index (κ3) is 4.24. The first-order valence-electron chi connectivity index (χ1n) is 8.04. The van der Waals surface area contributed by atoms with Crippen molar-refractivity contribution in [3.05, 3.63) is 29.8 Å². The van der Waals surface area contributed by atoms with Crippen LogP contribution in [-0.2, 0) is 15.1 Å². The number of rotatable bonds is 5. The molecule has 2 rings (SSSR count). The summed E-state index contributed by atoms with van der Waals surface area (Å²) in [7, 11) is 5.62. The lowest BCUT2D eigenvalue weighted by atomic mass is 9.70. The first kappa shape index (κ1) is 17.8. The van der Waals surface area contributed by atoms with E-state index < -0.39 is 5.60 Å². The molecule has 0 heterocycles. The predicted octanol–water partition coefficient (Wildman–Crippen LogP) is 2.18. The lowest BCUT2D eigenvalue weighted by Gasteiger charge is -2.44. The van der Waals surface area contributed by atoms with Gasteiger partial charge < -0.3 is 19.5 Å². The summed E-state index contributed by atoms with van der Waals surface area (Å²) in [5, 5.41) is 11.5. The Hall–Kier alpha value is -1.59. The molecule has 0 aliphatic heterocycles. The van der Waals surface area contributed by atoms with Crippen molar-refractivity contribution < 1.29 is 19.4 Å². The van der Waals surface area contributed by atoms with E-state index in [1.54, 1.807) is 7.11 Å². The van der Waals surface area contributed by atoms with E-state index in [-0.39, 0.29) is 18.0 Å². The zero-order chi connectivity index (χ0) is 17.0. The number of hydrogen-bond acceptors (Lipinski definition) is 5. The summed E-state index contributed by atoms with van der Waals surface area (Å²) in [6.45, 7) is 2.19. The molecule has 5 heteroatoms. The van der Waals surface area contributed by atoms with E-state index in [2.05, 4.69) is 4.90 Å². The molecule has 3 atom stereocenters. The molecule has 1 fully saturated rings. The Morgan fingerprint density at radius 3 is 2.74 bits per heavy atom. The molecule has 0 unspecified atom stereocenters. The van der Waals surface area contributed by atoms with Gasteiger partial charge in [-0.15, -0.1) is 0 Å². The minimum Gasteiger partial charge on any atom is -0.497 e. The van der Waals surface area contributed by atoms with Gasteiger partial charge in [0.05, 0.1) is 12.7 Å². The zero-order valence-corrected chi connectivity index (χ0v) is 14.4. The maximum Gasteiger partial charge on any atom is 0.302 e. The van der Waals surface area contributed by atoms with Crippen LogP contribution in [0.25, 0.3) is 0 Å². The van der Waals surface area contributed by atoms with Gasteiger partial charge in [0, 0.05) is 25.8 Å². The topological polar surface area (TPSA) is 59.0 Å². The maximum atomic E-state index is 11.5. The van der Waals surface area contributed by atoms with Crippen LogP contribution in [0.4, 0.5) is 0 Å². The minimum atomic E-state index is -1.03. The van der Waals surface area contributed by atoms with Crippen LogP contribution in [0.1, 0.15) is 31.7 Å². The molecule has 1 aliphatic carbocycles. The molecule has 1 N–H and O–H groups in total. The van der Waals surface area contributed by atoms with Gasteiger partial charge in [-0.1, -0.05) is 12.1 Å². The normalized spacial score (nSPS) is 27.7. The Morgan fingerprint density at radius 1 is 1.39 bits per heavy atom. The molecule has 1 aliphatic rings. The Morgan fingerprint density at radius 2 is 2.13 bits per heavy atom. The van der Waals surface area contributed by atoms with Crippen molar-refractivity contribution in [2.45, 2.75) is 37.9 Å². The number of esters is 1. The number of ether oxygens (including phenoxy) is 2. The third-order valence-electron chi connectivity index (χ3n) is 4.54. The molecule has 128 valence electrons. The van der Waals surface area contributed by atoms with E-state index in [9.17, 15) is 9.90 Å². The molecule has 23 heavy (non-hydrogen) atoms. The Labute approximate surface area is 138 Å². The highest BCUT2D eigenvalue weighted by Gasteiger charge is 2.45. The average molecular weight is 321 g/mol. The second-order valence-electron chi connectivity index (χ2n) is 6.63. The quantitative estimate of drug-likeness (QED) is 0.842. The highest BCUT2D eigenvalue weighted by atomic mass is 16.5. The first-order valence-corrected chi connectivity index (χ1v) is 8.04. The van der Waals surface area contributed by atoms with E-state index >= 15 is 0 Å². The second kappa shape index (κ2) is 7.32. The molecule has 1 aromatic carbocycles. The summed E-state index contributed by atoms with van der Waals surface area (Å²) in [6.07, 6.45) is 1.76. The fourth-order valence-electron chi connectivity index (χ4n) is 3.51. The van der Waals surface area contributed by atoms with E-state index in [0.717, 1.165) is 24.9 Å². The molecule has 1 aromatic rings. The number of benzene rings is 1. The molecule has 0 bridgehead atoms. The van der Waals surface area contributed by atoms with Crippen LogP contribution >= 0.6 is 0 Å². The van der Waals surface area contributed by atoms with Crippen molar-refractivity contribution in [3.8, 4) is 5.75 Å². The SMILES string of the molecule is COc1cccc([C@]2(O)C[C@H](OC(C)=O)CC[C@H]2CN(C)C)c1. The molecular formula is C18H27NO4. The average Bonchev–Trinajstić information content (AvgIpc) is 2.49. The number of aliphatic hydroxyl groups is 1. The Kier molecular flexibility index (Phi) is 5.65. The van der Waals surface area contributed by atoms with Gasteiger partial charge in [-0.3, -0.25) is 4.79 Å². The van der Waals surface area contributed by atoms with Gasteiger partial charge in [0.2, 0.25) is 0 Å². The largest absolute Gasteiger partial charge is 0.497 e. The highest BCUT2D eigenvalue weighted by Crippen LogP contribution is 2.43. The molecule has 1 saturated carbocycles. The van der Waals surface area contributed by atoms with Crippen LogP contribution in [0.3, 0.4) is 0 Å². The number of hydrogen-bond donors (Lipinski definition) is 1. The standard InChI is InChI=1S/C18H27NO4/c1-13(20)23-17-9-8-15(12-19(2)3)18(21,11-17)14-6-5-7-16(10-14)22-4/h5-7,10,15,17,21H,8-9,11-12H2,1-4H3/t15-,17+,18+/m0/s1. The highest BCUT2D eigenvalue weighted by molar-refractivity contribution is 5.66. The van der Waals surface area contributed by atoms with Crippen molar-refractivity contribution in [3.63, 3.8) is 0 Å². The molecule has 0 radical (unpaired) electrons. The smallest absolute Gasteiger partial charge is 0.302 e. The third-order valence-corrected chi connectivity index (χ3v) is 4.54. The number of carbonyl (C=O) groups excluding carboxylic acids is 1. The van der Waals surface area contributed by atoms with Gasteiger partial charge in [0.1, 0.15) is 11.9 Å². The van der Waals surface area contributed by atoms with Crippen LogP contribution < -0.4 is 4.74 Å². The van der Waals surface area contributed by atoms with Crippen molar-refractivity contribution in [2.75, 3.05) is 27.7 Å². The second-order valence-corrected chi connectivity index (χ2v) is 6.63. The Balaban J connectivity index is 2.32. The van der Waals surface area contributed by atoms with Crippen LogP contribution in [-0.4, -0.2) is 49.8 Å². The van der Waals surface area contributed by atoms with Gasteiger partial charge >= 0.3 is 5.97 Å². The van der Waals surface area contributed by atoms with Gasteiger partial charge in [0.25, 0.3) is 0 Å². The molecule has 0 spiro atoms. The molecule has 0 amide bonds. The summed E-state index contributed by atoms with van der Waals surface area (Å²) in [5.74, 6) is 0.500.